The standard InChI is InChI=1S/C20H26O5/c1-20-7-6-14-13-5-3-12(25-10-18(22)23)8-11(13)2-4-15(14)16(20)9-17(21)19(20)24/h3,5,8,14-17,19,21,24H,2,4,6-7,9-10H2,1H3,(H,22,23)/t14-,15-,16+,17-,19+,20+/m1/s1. The van der Waals surface area contributed by atoms with Crippen molar-refractivity contribution in [3.05, 3.63) is 29.3 Å². The molecule has 25 heavy (non-hydrogen) atoms. The minimum absolute atomic E-state index is 0.164. The lowest BCUT2D eigenvalue weighted by Gasteiger charge is -2.49. The molecule has 3 N–H and O–H groups in total. The Labute approximate surface area is 147 Å². The average Bonchev–Trinajstić information content (AvgIpc) is 2.83. The Morgan fingerprint density at radius 2 is 2.12 bits per heavy atom. The summed E-state index contributed by atoms with van der Waals surface area (Å²) in [5.41, 5.74) is 2.44. The second kappa shape index (κ2) is 5.99. The van der Waals surface area contributed by atoms with Crippen molar-refractivity contribution >= 4 is 5.97 Å². The maximum Gasteiger partial charge on any atom is 0.341 e. The van der Waals surface area contributed by atoms with Crippen LogP contribution in [-0.2, 0) is 11.2 Å². The highest BCUT2D eigenvalue weighted by Crippen LogP contribution is 2.60. The minimum atomic E-state index is -0.970. The van der Waals surface area contributed by atoms with Gasteiger partial charge in [-0.1, -0.05) is 13.0 Å². The van der Waals surface area contributed by atoms with Crippen LogP contribution >= 0.6 is 0 Å². The highest BCUT2D eigenvalue weighted by Gasteiger charge is 2.57. The Morgan fingerprint density at radius 1 is 1.32 bits per heavy atom. The van der Waals surface area contributed by atoms with Gasteiger partial charge in [-0.3, -0.25) is 0 Å². The van der Waals surface area contributed by atoms with Crippen LogP contribution in [0.15, 0.2) is 18.2 Å². The van der Waals surface area contributed by atoms with E-state index in [4.69, 9.17) is 9.84 Å². The van der Waals surface area contributed by atoms with Crippen molar-refractivity contribution in [1.82, 2.24) is 0 Å². The number of carboxylic acid groups (broad SMARTS) is 1. The van der Waals surface area contributed by atoms with Crippen LogP contribution in [0, 0.1) is 17.3 Å². The van der Waals surface area contributed by atoms with Crippen LogP contribution in [0.4, 0.5) is 0 Å². The monoisotopic (exact) mass is 346 g/mol. The van der Waals surface area contributed by atoms with Crippen LogP contribution in [-0.4, -0.2) is 40.1 Å². The SMILES string of the molecule is C[C@]12CC[C@@H]3c4ccc(OCC(=O)O)cc4CC[C@H]3[C@@H]1C[C@@H](O)[C@@H]2O. The lowest BCUT2D eigenvalue weighted by molar-refractivity contribution is -0.139. The number of hydrogen-bond donors (Lipinski definition) is 3. The molecule has 0 unspecified atom stereocenters. The maximum atomic E-state index is 10.7. The van der Waals surface area contributed by atoms with E-state index in [0.717, 1.165) is 25.7 Å². The van der Waals surface area contributed by atoms with Crippen molar-refractivity contribution < 1.29 is 24.9 Å². The third-order valence-electron chi connectivity index (χ3n) is 7.03. The second-order valence-corrected chi connectivity index (χ2v) is 8.25. The molecule has 136 valence electrons. The van der Waals surface area contributed by atoms with E-state index in [1.165, 1.54) is 11.1 Å². The zero-order chi connectivity index (χ0) is 17.8. The lowest BCUT2D eigenvalue weighted by Crippen LogP contribution is -2.44. The number of aryl methyl sites for hydroxylation is 1. The van der Waals surface area contributed by atoms with Crippen molar-refractivity contribution in [3.8, 4) is 5.75 Å². The molecule has 0 spiro atoms. The van der Waals surface area contributed by atoms with Gasteiger partial charge in [-0.25, -0.2) is 4.79 Å². The Bertz CT molecular complexity index is 687. The van der Waals surface area contributed by atoms with Crippen molar-refractivity contribution in [2.24, 2.45) is 17.3 Å². The molecule has 0 amide bonds. The van der Waals surface area contributed by atoms with Gasteiger partial charge in [0, 0.05) is 0 Å². The quantitative estimate of drug-likeness (QED) is 0.782. The van der Waals surface area contributed by atoms with Gasteiger partial charge in [0.05, 0.1) is 12.2 Å². The van der Waals surface area contributed by atoms with Crippen LogP contribution in [0.5, 0.6) is 5.75 Å². The maximum absolute atomic E-state index is 10.7. The molecule has 2 saturated carbocycles. The molecule has 4 rings (SSSR count). The van der Waals surface area contributed by atoms with Crippen molar-refractivity contribution in [3.63, 3.8) is 0 Å². The zero-order valence-corrected chi connectivity index (χ0v) is 14.5. The molecule has 0 heterocycles. The van der Waals surface area contributed by atoms with E-state index in [2.05, 4.69) is 13.0 Å². The molecule has 5 nitrogen and oxygen atoms in total. The fourth-order valence-electron chi connectivity index (χ4n) is 5.78. The summed E-state index contributed by atoms with van der Waals surface area (Å²) in [6, 6.07) is 5.95. The van der Waals surface area contributed by atoms with Crippen LogP contribution in [0.3, 0.4) is 0 Å². The van der Waals surface area contributed by atoms with Crippen molar-refractivity contribution in [1.29, 1.82) is 0 Å². The first-order valence-electron chi connectivity index (χ1n) is 9.23. The molecule has 0 radical (unpaired) electrons. The zero-order valence-electron chi connectivity index (χ0n) is 14.5. The summed E-state index contributed by atoms with van der Waals surface area (Å²) in [5, 5.41) is 29.4. The summed E-state index contributed by atoms with van der Waals surface area (Å²) in [7, 11) is 0. The number of benzene rings is 1. The summed E-state index contributed by atoms with van der Waals surface area (Å²) in [6.45, 7) is 1.83. The molecule has 3 aliphatic carbocycles. The Hall–Kier alpha value is -1.59. The summed E-state index contributed by atoms with van der Waals surface area (Å²) in [4.78, 5) is 10.7. The Kier molecular flexibility index (Phi) is 4.04. The first kappa shape index (κ1) is 16.9. The fraction of sp³-hybridized carbons (Fsp3) is 0.650. The molecule has 1 aromatic carbocycles. The van der Waals surface area contributed by atoms with E-state index in [1.54, 1.807) is 0 Å². The normalized spacial score (nSPS) is 39.2. The Balaban J connectivity index is 1.58. The van der Waals surface area contributed by atoms with Gasteiger partial charge in [0.25, 0.3) is 0 Å². The predicted molar refractivity (Wildman–Crippen MR) is 91.6 cm³/mol. The number of aliphatic hydroxyl groups excluding tert-OH is 2. The van der Waals surface area contributed by atoms with E-state index in [0.29, 0.717) is 29.9 Å². The highest BCUT2D eigenvalue weighted by molar-refractivity contribution is 5.68. The smallest absolute Gasteiger partial charge is 0.341 e. The van der Waals surface area contributed by atoms with Gasteiger partial charge in [0.15, 0.2) is 6.61 Å². The van der Waals surface area contributed by atoms with Crippen molar-refractivity contribution in [2.45, 2.75) is 57.2 Å². The molecule has 0 aromatic heterocycles. The number of carbonyl (C=O) groups is 1. The average molecular weight is 346 g/mol. The van der Waals surface area contributed by atoms with Gasteiger partial charge in [0.1, 0.15) is 5.75 Å². The summed E-state index contributed by atoms with van der Waals surface area (Å²) >= 11 is 0. The number of aliphatic carboxylic acids is 1. The lowest BCUT2D eigenvalue weighted by atomic mass is 9.55. The van der Waals surface area contributed by atoms with Crippen LogP contribution < -0.4 is 4.74 Å². The molecular weight excluding hydrogens is 320 g/mol. The minimum Gasteiger partial charge on any atom is -0.482 e. The van der Waals surface area contributed by atoms with E-state index in [9.17, 15) is 15.0 Å². The van der Waals surface area contributed by atoms with E-state index < -0.39 is 18.2 Å². The number of carboxylic acids is 1. The van der Waals surface area contributed by atoms with Crippen LogP contribution in [0.25, 0.3) is 0 Å². The number of rotatable bonds is 3. The molecular formula is C20H26O5. The third-order valence-corrected chi connectivity index (χ3v) is 7.03. The van der Waals surface area contributed by atoms with Crippen molar-refractivity contribution in [2.75, 3.05) is 6.61 Å². The molecule has 3 aliphatic rings. The molecule has 0 aliphatic heterocycles. The van der Waals surface area contributed by atoms with E-state index >= 15 is 0 Å². The van der Waals surface area contributed by atoms with E-state index in [-0.39, 0.29) is 12.0 Å². The molecule has 1 aromatic rings. The molecule has 5 heteroatoms. The molecule has 0 bridgehead atoms. The predicted octanol–water partition coefficient (Wildman–Crippen LogP) is 2.34. The largest absolute Gasteiger partial charge is 0.482 e. The molecule has 0 saturated heterocycles. The van der Waals surface area contributed by atoms with Crippen LogP contribution in [0.1, 0.15) is 49.7 Å². The van der Waals surface area contributed by atoms with Gasteiger partial charge < -0.3 is 20.1 Å². The van der Waals surface area contributed by atoms with Gasteiger partial charge in [0.2, 0.25) is 0 Å². The molecule has 2 fully saturated rings. The second-order valence-electron chi connectivity index (χ2n) is 8.25. The first-order chi connectivity index (χ1) is 11.9. The third kappa shape index (κ3) is 2.64. The first-order valence-corrected chi connectivity index (χ1v) is 9.23. The van der Waals surface area contributed by atoms with Gasteiger partial charge in [-0.05, 0) is 78.5 Å². The number of aliphatic hydroxyl groups is 2. The van der Waals surface area contributed by atoms with Gasteiger partial charge >= 0.3 is 5.97 Å². The molecule has 6 atom stereocenters. The number of ether oxygens (including phenoxy) is 1. The Morgan fingerprint density at radius 3 is 2.88 bits per heavy atom. The summed E-state index contributed by atoms with van der Waals surface area (Å²) < 4.78 is 5.32. The topological polar surface area (TPSA) is 87.0 Å². The number of fused-ring (bicyclic) bond motifs is 5. The van der Waals surface area contributed by atoms with E-state index in [1.807, 2.05) is 12.1 Å². The van der Waals surface area contributed by atoms with Gasteiger partial charge in [-0.2, -0.15) is 0 Å². The number of hydrogen-bond acceptors (Lipinski definition) is 4. The summed E-state index contributed by atoms with van der Waals surface area (Å²) in [5.74, 6) is 0.985. The fourth-order valence-corrected chi connectivity index (χ4v) is 5.78. The van der Waals surface area contributed by atoms with Gasteiger partial charge in [-0.15, -0.1) is 0 Å². The summed E-state index contributed by atoms with van der Waals surface area (Å²) in [6.07, 6.45) is 3.47. The van der Waals surface area contributed by atoms with Crippen LogP contribution in [0.2, 0.25) is 0 Å². The highest BCUT2D eigenvalue weighted by atomic mass is 16.5.